The van der Waals surface area contributed by atoms with E-state index in [4.69, 9.17) is 11.6 Å². The molecule has 0 saturated carbocycles. The van der Waals surface area contributed by atoms with Crippen LogP contribution in [0.5, 0.6) is 0 Å². The molecule has 3 rings (SSSR count). The Hall–Kier alpha value is -2.16. The topological polar surface area (TPSA) is 52.0 Å². The molecule has 6 heteroatoms. The second kappa shape index (κ2) is 6.53. The molecule has 0 saturated heterocycles. The van der Waals surface area contributed by atoms with E-state index >= 15 is 0 Å². The zero-order valence-corrected chi connectivity index (χ0v) is 15.1. The van der Waals surface area contributed by atoms with Crippen LogP contribution in [0.4, 0.5) is 0 Å². The average Bonchev–Trinajstić information content (AvgIpc) is 2.55. The van der Waals surface area contributed by atoms with Crippen molar-refractivity contribution in [3.63, 3.8) is 0 Å². The van der Waals surface area contributed by atoms with Gasteiger partial charge in [0.25, 0.3) is 0 Å². The molecule has 4 nitrogen and oxygen atoms in total. The van der Waals surface area contributed by atoms with Crippen molar-refractivity contribution in [2.75, 3.05) is 0 Å². The van der Waals surface area contributed by atoms with E-state index in [1.807, 2.05) is 6.07 Å². The van der Waals surface area contributed by atoms with Gasteiger partial charge in [0.1, 0.15) is 0 Å². The van der Waals surface area contributed by atoms with Gasteiger partial charge in [-0.1, -0.05) is 0 Å². The summed E-state index contributed by atoms with van der Waals surface area (Å²) in [6.07, 6.45) is 1.53. The van der Waals surface area contributed by atoms with Crippen molar-refractivity contribution in [3.05, 3.63) is 87.3 Å². The maximum atomic E-state index is 12.6. The summed E-state index contributed by atoms with van der Waals surface area (Å²) in [5.41, 5.74) is 0.689. The van der Waals surface area contributed by atoms with Crippen LogP contribution in [0.3, 0.4) is 0 Å². The fourth-order valence-electron chi connectivity index (χ4n) is 2.12. The molecule has 0 aliphatic carbocycles. The van der Waals surface area contributed by atoms with Gasteiger partial charge in [0.05, 0.1) is 0 Å². The van der Waals surface area contributed by atoms with E-state index < -0.39 is 5.43 Å². The van der Waals surface area contributed by atoms with E-state index in [2.05, 4.69) is 5.10 Å². The van der Waals surface area contributed by atoms with Gasteiger partial charge in [0, 0.05) is 0 Å². The first kappa shape index (κ1) is 15.7. The van der Waals surface area contributed by atoms with Crippen molar-refractivity contribution in [2.24, 2.45) is 0 Å². The number of halogens is 1. The Morgan fingerprint density at radius 3 is 2.52 bits per heavy atom. The predicted molar refractivity (Wildman–Crippen MR) is 92.9 cm³/mol. The Labute approximate surface area is 146 Å². The fourth-order valence-corrected chi connectivity index (χ4v) is 2.85. The van der Waals surface area contributed by atoms with Crippen LogP contribution in [-0.4, -0.2) is 32.4 Å². The number of carbonyl (C=O) groups is 1. The molecule has 0 amide bonds. The number of hydrogen-bond donors (Lipinski definition) is 0. The molecule has 0 aliphatic rings. The molecule has 114 valence electrons. The summed E-state index contributed by atoms with van der Waals surface area (Å²) in [5.74, 6) is -0.377. The van der Waals surface area contributed by atoms with Gasteiger partial charge in [-0.15, -0.1) is 0 Å². The van der Waals surface area contributed by atoms with Crippen LogP contribution < -0.4 is 9.78 Å². The van der Waals surface area contributed by atoms with Crippen LogP contribution in [0.1, 0.15) is 16.1 Å². The van der Waals surface area contributed by atoms with E-state index in [0.29, 0.717) is 10.6 Å². The van der Waals surface area contributed by atoms with Crippen LogP contribution in [-0.2, 0) is 0 Å². The normalized spacial score (nSPS) is 10.5. The van der Waals surface area contributed by atoms with Gasteiger partial charge in [-0.2, -0.15) is 0 Å². The molecule has 3 aromatic rings. The minimum atomic E-state index is -0.396. The van der Waals surface area contributed by atoms with Crippen molar-refractivity contribution >= 4 is 38.6 Å². The third kappa shape index (κ3) is 3.44. The molecule has 0 fully saturated rings. The maximum absolute atomic E-state index is 12.6. The molecular formula is C17H12AsClN2O2. The van der Waals surface area contributed by atoms with Gasteiger partial charge in [0.2, 0.25) is 0 Å². The molecule has 1 atom stereocenters. The molecule has 23 heavy (non-hydrogen) atoms. The Morgan fingerprint density at radius 1 is 1.09 bits per heavy atom. The van der Waals surface area contributed by atoms with Crippen molar-refractivity contribution in [2.45, 2.75) is 0 Å². The monoisotopic (exact) mass is 386 g/mol. The Morgan fingerprint density at radius 2 is 1.83 bits per heavy atom. The molecule has 0 spiro atoms. The van der Waals surface area contributed by atoms with E-state index in [1.54, 1.807) is 42.5 Å². The molecule has 0 radical (unpaired) electrons. The molecular weight excluding hydrogens is 375 g/mol. The van der Waals surface area contributed by atoms with Gasteiger partial charge in [-0.05, 0) is 0 Å². The first-order chi connectivity index (χ1) is 11.0. The Bertz CT molecular complexity index is 936. The predicted octanol–water partition coefficient (Wildman–Crippen LogP) is 1.38. The number of ketones is 1. The van der Waals surface area contributed by atoms with Gasteiger partial charge in [0.15, 0.2) is 0 Å². The molecule has 0 bridgehead atoms. The molecule has 0 N–H and O–H groups in total. The van der Waals surface area contributed by atoms with Crippen LogP contribution in [0, 0.1) is 0 Å². The van der Waals surface area contributed by atoms with E-state index in [-0.39, 0.29) is 11.5 Å². The summed E-state index contributed by atoms with van der Waals surface area (Å²) < 4.78 is 2.50. The van der Waals surface area contributed by atoms with Gasteiger partial charge in [-0.3, -0.25) is 0 Å². The molecule has 1 unspecified atom stereocenters. The van der Waals surface area contributed by atoms with Crippen LogP contribution >= 0.6 is 11.6 Å². The second-order valence-corrected chi connectivity index (χ2v) is 6.74. The third-order valence-corrected chi connectivity index (χ3v) is 4.27. The number of benzene rings is 2. The molecule has 1 heterocycles. The number of rotatable bonds is 3. The first-order valence-electron chi connectivity index (χ1n) is 6.81. The standard InChI is InChI=1S/C17H12AsClN2O2/c18-12-3-1-2-11(10-12)17(23)16-15(22)8-9-21(20-16)14-6-4-13(19)5-7-14/h1-10H,18H2. The van der Waals surface area contributed by atoms with Crippen molar-refractivity contribution in [1.82, 2.24) is 9.78 Å². The number of carbonyl (C=O) groups excluding carboxylic acids is 1. The van der Waals surface area contributed by atoms with Crippen LogP contribution in [0.15, 0.2) is 65.6 Å². The van der Waals surface area contributed by atoms with Gasteiger partial charge >= 0.3 is 146 Å². The second-order valence-electron chi connectivity index (χ2n) is 4.90. The first-order valence-corrected chi connectivity index (χ1v) is 8.40. The summed E-state index contributed by atoms with van der Waals surface area (Å²) in [6.45, 7) is 0. The average molecular weight is 387 g/mol. The SMILES string of the molecule is O=C(c1cccc([AsH2])c1)c1nn(-c2ccc(Cl)cc2)ccc1=O. The fraction of sp³-hybridized carbons (Fsp3) is 0. The van der Waals surface area contributed by atoms with E-state index in [1.165, 1.54) is 33.8 Å². The van der Waals surface area contributed by atoms with E-state index in [0.717, 1.165) is 10.0 Å². The van der Waals surface area contributed by atoms with Gasteiger partial charge in [-0.25, -0.2) is 0 Å². The number of hydrogen-bond acceptors (Lipinski definition) is 3. The number of nitrogens with zero attached hydrogens (tertiary/aromatic N) is 2. The molecule has 1 aromatic heterocycles. The minimum absolute atomic E-state index is 0.0967. The summed E-state index contributed by atoms with van der Waals surface area (Å²) >= 11 is 7.29. The molecule has 0 aliphatic heterocycles. The summed E-state index contributed by atoms with van der Waals surface area (Å²) in [4.78, 5) is 24.6. The van der Waals surface area contributed by atoms with Gasteiger partial charge < -0.3 is 0 Å². The summed E-state index contributed by atoms with van der Waals surface area (Å²) in [6, 6.07) is 15.5. The summed E-state index contributed by atoms with van der Waals surface area (Å²) in [5, 5.41) is 4.80. The summed E-state index contributed by atoms with van der Waals surface area (Å²) in [7, 11) is 0. The molecule has 2 aromatic carbocycles. The van der Waals surface area contributed by atoms with Crippen LogP contribution in [0.2, 0.25) is 5.02 Å². The van der Waals surface area contributed by atoms with E-state index in [9.17, 15) is 9.59 Å². The van der Waals surface area contributed by atoms with Crippen molar-refractivity contribution in [1.29, 1.82) is 0 Å². The zero-order valence-electron chi connectivity index (χ0n) is 11.9. The van der Waals surface area contributed by atoms with Crippen LogP contribution in [0.25, 0.3) is 5.69 Å². The number of aromatic nitrogens is 2. The zero-order chi connectivity index (χ0) is 16.4. The Balaban J connectivity index is 2.06. The quantitative estimate of drug-likeness (QED) is 0.505. The van der Waals surface area contributed by atoms with Crippen molar-refractivity contribution < 1.29 is 4.79 Å². The third-order valence-electron chi connectivity index (χ3n) is 3.26. The van der Waals surface area contributed by atoms with Crippen molar-refractivity contribution in [3.8, 4) is 5.69 Å². The Kier molecular flexibility index (Phi) is 4.46.